The van der Waals surface area contributed by atoms with Crippen LogP contribution in [0.5, 0.6) is 5.75 Å². The first kappa shape index (κ1) is 18.4. The number of hydrogen-bond donors (Lipinski definition) is 1. The van der Waals surface area contributed by atoms with Gasteiger partial charge in [0.1, 0.15) is 29.2 Å². The number of nitrogens with zero attached hydrogens (tertiary/aromatic N) is 4. The Morgan fingerprint density at radius 2 is 1.83 bits per heavy atom. The van der Waals surface area contributed by atoms with Crippen molar-refractivity contribution in [3.05, 3.63) is 30.6 Å². The second-order valence-electron chi connectivity index (χ2n) is 9.31. The monoisotopic (exact) mass is 391 g/mol. The number of benzene rings is 1. The third kappa shape index (κ3) is 3.45. The lowest BCUT2D eigenvalue weighted by Gasteiger charge is -2.40. The van der Waals surface area contributed by atoms with Crippen LogP contribution in [0.2, 0.25) is 0 Å². The molecule has 29 heavy (non-hydrogen) atoms. The zero-order valence-electron chi connectivity index (χ0n) is 17.6. The van der Waals surface area contributed by atoms with Crippen LogP contribution in [-0.2, 0) is 0 Å². The van der Waals surface area contributed by atoms with Gasteiger partial charge in [-0.25, -0.2) is 9.97 Å². The normalized spacial score (nSPS) is 25.9. The fourth-order valence-corrected chi connectivity index (χ4v) is 4.31. The van der Waals surface area contributed by atoms with Crippen LogP contribution in [0.25, 0.3) is 22.3 Å². The molecule has 1 aromatic carbocycles. The van der Waals surface area contributed by atoms with Gasteiger partial charge in [-0.05, 0) is 55.7 Å². The van der Waals surface area contributed by atoms with E-state index in [9.17, 15) is 0 Å². The van der Waals surface area contributed by atoms with Crippen LogP contribution in [0.3, 0.4) is 0 Å². The highest BCUT2D eigenvalue weighted by Gasteiger charge is 2.40. The molecule has 0 amide bonds. The van der Waals surface area contributed by atoms with E-state index < -0.39 is 0 Å². The Hall–Kier alpha value is -2.63. The first-order valence-electron chi connectivity index (χ1n) is 10.7. The second-order valence-corrected chi connectivity index (χ2v) is 9.31. The van der Waals surface area contributed by atoms with Crippen LogP contribution < -0.4 is 9.64 Å². The molecule has 6 nitrogen and oxygen atoms in total. The Balaban J connectivity index is 1.47. The quantitative estimate of drug-likeness (QED) is 0.699. The standard InChI is InChI=1S/C23H29N5O/c1-14-11-28(12-15(2)16(14)3)21-10-20(24-13-25-21)22-18-9-17(29-23(4)7-8-23)5-6-19(18)26-27-22/h5-6,9-10,13-16H,7-8,11-12H2,1-4H3,(H,26,27)/t14-,15+,16?. The summed E-state index contributed by atoms with van der Waals surface area (Å²) in [6, 6.07) is 8.19. The largest absolute Gasteiger partial charge is 0.488 e. The lowest BCUT2D eigenvalue weighted by molar-refractivity contribution is 0.200. The highest BCUT2D eigenvalue weighted by Crippen LogP contribution is 2.40. The van der Waals surface area contributed by atoms with Gasteiger partial charge in [0, 0.05) is 24.5 Å². The lowest BCUT2D eigenvalue weighted by Crippen LogP contribution is -2.43. The molecule has 3 heterocycles. The zero-order chi connectivity index (χ0) is 20.2. The molecule has 5 rings (SSSR count). The third-order valence-electron chi connectivity index (χ3n) is 6.88. The average Bonchev–Trinajstić information content (AvgIpc) is 3.28. The Kier molecular flexibility index (Phi) is 4.26. The van der Waals surface area contributed by atoms with Gasteiger partial charge in [-0.2, -0.15) is 5.10 Å². The topological polar surface area (TPSA) is 66.9 Å². The van der Waals surface area contributed by atoms with Crippen molar-refractivity contribution in [3.8, 4) is 17.1 Å². The summed E-state index contributed by atoms with van der Waals surface area (Å²) in [5.74, 6) is 3.89. The molecule has 1 aliphatic heterocycles. The number of aromatic amines is 1. The Morgan fingerprint density at radius 1 is 1.07 bits per heavy atom. The van der Waals surface area contributed by atoms with Gasteiger partial charge in [0.05, 0.1) is 11.2 Å². The van der Waals surface area contributed by atoms with Crippen molar-refractivity contribution in [2.75, 3.05) is 18.0 Å². The Morgan fingerprint density at radius 3 is 2.55 bits per heavy atom. The number of hydrogen-bond acceptors (Lipinski definition) is 5. The zero-order valence-corrected chi connectivity index (χ0v) is 17.6. The molecule has 152 valence electrons. The van der Waals surface area contributed by atoms with Crippen molar-refractivity contribution in [3.63, 3.8) is 0 Å². The van der Waals surface area contributed by atoms with Gasteiger partial charge in [0.25, 0.3) is 0 Å². The summed E-state index contributed by atoms with van der Waals surface area (Å²) < 4.78 is 6.15. The van der Waals surface area contributed by atoms with Crippen molar-refractivity contribution in [2.24, 2.45) is 17.8 Å². The van der Waals surface area contributed by atoms with Gasteiger partial charge in [0.15, 0.2) is 0 Å². The summed E-state index contributed by atoms with van der Waals surface area (Å²) in [4.78, 5) is 11.5. The van der Waals surface area contributed by atoms with E-state index in [4.69, 9.17) is 4.74 Å². The van der Waals surface area contributed by atoms with E-state index in [-0.39, 0.29) is 5.60 Å². The van der Waals surface area contributed by atoms with Crippen LogP contribution >= 0.6 is 0 Å². The number of H-pyrrole nitrogens is 1. The smallest absolute Gasteiger partial charge is 0.132 e. The van der Waals surface area contributed by atoms with E-state index in [1.54, 1.807) is 6.33 Å². The lowest BCUT2D eigenvalue weighted by atomic mass is 9.81. The van der Waals surface area contributed by atoms with Crippen LogP contribution in [0.4, 0.5) is 5.82 Å². The number of aromatic nitrogens is 4. The summed E-state index contributed by atoms with van der Waals surface area (Å²) in [5.41, 5.74) is 2.68. The predicted molar refractivity (Wildman–Crippen MR) is 115 cm³/mol. The van der Waals surface area contributed by atoms with E-state index in [0.717, 1.165) is 65.7 Å². The number of fused-ring (bicyclic) bond motifs is 1. The molecule has 3 atom stereocenters. The molecule has 2 aromatic heterocycles. The van der Waals surface area contributed by atoms with Crippen LogP contribution in [0, 0.1) is 17.8 Å². The van der Waals surface area contributed by atoms with E-state index in [0.29, 0.717) is 11.8 Å². The van der Waals surface area contributed by atoms with Crippen LogP contribution in [-0.4, -0.2) is 38.9 Å². The summed E-state index contributed by atoms with van der Waals surface area (Å²) in [7, 11) is 0. The van der Waals surface area contributed by atoms with Crippen molar-refractivity contribution < 1.29 is 4.74 Å². The average molecular weight is 392 g/mol. The minimum atomic E-state index is -0.00154. The number of rotatable bonds is 4. The number of anilines is 1. The highest BCUT2D eigenvalue weighted by molar-refractivity contribution is 5.93. The maximum absolute atomic E-state index is 6.15. The maximum atomic E-state index is 6.15. The Bertz CT molecular complexity index is 1030. The van der Waals surface area contributed by atoms with E-state index >= 15 is 0 Å². The molecule has 1 saturated heterocycles. The molecule has 1 saturated carbocycles. The molecule has 0 radical (unpaired) electrons. The summed E-state index contributed by atoms with van der Waals surface area (Å²) in [5, 5.41) is 8.72. The fraction of sp³-hybridized carbons (Fsp3) is 0.522. The molecule has 1 N–H and O–H groups in total. The van der Waals surface area contributed by atoms with E-state index in [1.807, 2.05) is 12.1 Å². The number of nitrogens with one attached hydrogen (secondary N) is 1. The molecule has 6 heteroatoms. The molecular formula is C23H29N5O. The van der Waals surface area contributed by atoms with Gasteiger partial charge in [-0.15, -0.1) is 0 Å². The minimum absolute atomic E-state index is 0.00154. The first-order chi connectivity index (χ1) is 13.9. The molecule has 2 fully saturated rings. The summed E-state index contributed by atoms with van der Waals surface area (Å²) in [6.07, 6.45) is 3.89. The van der Waals surface area contributed by atoms with Crippen LogP contribution in [0.15, 0.2) is 30.6 Å². The third-order valence-corrected chi connectivity index (χ3v) is 6.88. The van der Waals surface area contributed by atoms with Gasteiger partial charge in [-0.3, -0.25) is 5.10 Å². The van der Waals surface area contributed by atoms with E-state index in [1.165, 1.54) is 0 Å². The van der Waals surface area contributed by atoms with Crippen molar-refractivity contribution in [1.29, 1.82) is 0 Å². The molecule has 1 unspecified atom stereocenters. The molecular weight excluding hydrogens is 362 g/mol. The fourth-order valence-electron chi connectivity index (χ4n) is 4.31. The number of ether oxygens (including phenoxy) is 1. The predicted octanol–water partition coefficient (Wildman–Crippen LogP) is 4.68. The summed E-state index contributed by atoms with van der Waals surface area (Å²) in [6.45, 7) is 11.2. The van der Waals surface area contributed by atoms with Gasteiger partial charge < -0.3 is 9.64 Å². The molecule has 3 aromatic rings. The van der Waals surface area contributed by atoms with Crippen LogP contribution in [0.1, 0.15) is 40.5 Å². The van der Waals surface area contributed by atoms with Crippen molar-refractivity contribution in [1.82, 2.24) is 20.2 Å². The molecule has 2 aliphatic rings. The second kappa shape index (κ2) is 6.71. The SMILES string of the molecule is CC1[C@H](C)CN(c2cc(-c3n[nH]c4ccc(OC5(C)CC5)cc34)ncn2)C[C@@H]1C. The van der Waals surface area contributed by atoms with Gasteiger partial charge >= 0.3 is 0 Å². The van der Waals surface area contributed by atoms with Gasteiger partial charge in [-0.1, -0.05) is 20.8 Å². The molecule has 1 aliphatic carbocycles. The number of piperidine rings is 1. The highest BCUT2D eigenvalue weighted by atomic mass is 16.5. The molecule has 0 bridgehead atoms. The minimum Gasteiger partial charge on any atom is -0.488 e. The van der Waals surface area contributed by atoms with Gasteiger partial charge in [0.2, 0.25) is 0 Å². The molecule has 0 spiro atoms. The van der Waals surface area contributed by atoms with E-state index in [2.05, 4.69) is 64.9 Å². The summed E-state index contributed by atoms with van der Waals surface area (Å²) >= 11 is 0. The first-order valence-corrected chi connectivity index (χ1v) is 10.7. The van der Waals surface area contributed by atoms with Crippen molar-refractivity contribution in [2.45, 2.75) is 46.1 Å². The van der Waals surface area contributed by atoms with Crippen molar-refractivity contribution >= 4 is 16.7 Å². The maximum Gasteiger partial charge on any atom is 0.132 e. The Labute approximate surface area is 171 Å².